The van der Waals surface area contributed by atoms with Gasteiger partial charge >= 0.3 is 0 Å². The van der Waals surface area contributed by atoms with E-state index in [9.17, 15) is 0 Å². The fraction of sp³-hybridized carbons (Fsp3) is 1.00. The van der Waals surface area contributed by atoms with Crippen molar-refractivity contribution in [1.29, 1.82) is 0 Å². The Bertz CT molecular complexity index is 86.6. The van der Waals surface area contributed by atoms with E-state index in [0.29, 0.717) is 0 Å². The second-order valence-electron chi connectivity index (χ2n) is 3.13. The zero-order valence-corrected chi connectivity index (χ0v) is 9.79. The van der Waals surface area contributed by atoms with Crippen LogP contribution in [-0.4, -0.2) is 30.5 Å². The molecule has 1 nitrogen and oxygen atoms in total. The average Bonchev–Trinajstić information content (AvgIpc) is 2.02. The number of hydrogen-bond acceptors (Lipinski definition) is 3. The van der Waals surface area contributed by atoms with Crippen LogP contribution in [0.25, 0.3) is 0 Å². The molecule has 0 aliphatic rings. The van der Waals surface area contributed by atoms with Gasteiger partial charge in [-0.05, 0) is 18.1 Å². The number of thioether (sulfide) groups is 1. The molecule has 0 N–H and O–H groups in total. The molecule has 0 aromatic carbocycles. The summed E-state index contributed by atoms with van der Waals surface area (Å²) >= 11 is 6.04. The minimum atomic E-state index is 0.786. The molecule has 0 rings (SSSR count). The first-order valence-electron chi connectivity index (χ1n) is 4.53. The van der Waals surface area contributed by atoms with Crippen molar-refractivity contribution in [2.24, 2.45) is 5.92 Å². The van der Waals surface area contributed by atoms with Gasteiger partial charge in [-0.15, -0.1) is 0 Å². The van der Waals surface area contributed by atoms with E-state index in [0.717, 1.165) is 30.6 Å². The van der Waals surface area contributed by atoms with Crippen molar-refractivity contribution < 1.29 is 4.74 Å². The van der Waals surface area contributed by atoms with Crippen molar-refractivity contribution in [1.82, 2.24) is 0 Å². The molecule has 12 heavy (non-hydrogen) atoms. The molecular weight excluding hydrogens is 188 g/mol. The number of ether oxygens (including phenoxy) is 1. The Morgan fingerprint density at radius 2 is 2.00 bits per heavy atom. The van der Waals surface area contributed by atoms with Crippen LogP contribution in [-0.2, 0) is 4.74 Å². The van der Waals surface area contributed by atoms with Crippen molar-refractivity contribution in [2.45, 2.75) is 20.3 Å². The van der Waals surface area contributed by atoms with Crippen molar-refractivity contribution in [2.75, 3.05) is 30.5 Å². The zero-order valence-electron chi connectivity index (χ0n) is 8.08. The quantitative estimate of drug-likeness (QED) is 0.485. The first-order chi connectivity index (χ1) is 5.77. The predicted molar refractivity (Wildman–Crippen MR) is 61.5 cm³/mol. The minimum Gasteiger partial charge on any atom is -0.380 e. The van der Waals surface area contributed by atoms with E-state index in [-0.39, 0.29) is 0 Å². The van der Waals surface area contributed by atoms with Crippen LogP contribution in [0.15, 0.2) is 0 Å². The molecule has 0 heterocycles. The maximum atomic E-state index is 5.29. The van der Waals surface area contributed by atoms with Gasteiger partial charge in [-0.25, -0.2) is 0 Å². The van der Waals surface area contributed by atoms with Gasteiger partial charge in [-0.2, -0.15) is 24.4 Å². The Hall–Kier alpha value is 0.660. The standard InChI is InChI=1S/C9H20OS2/c1-9(2)3-7-12-8-5-10-4-6-11/h9,11H,3-8H2,1-2H3. The first kappa shape index (κ1) is 12.7. The topological polar surface area (TPSA) is 9.23 Å². The molecule has 0 aliphatic carbocycles. The van der Waals surface area contributed by atoms with Crippen LogP contribution in [0.5, 0.6) is 0 Å². The molecule has 0 atom stereocenters. The monoisotopic (exact) mass is 208 g/mol. The lowest BCUT2D eigenvalue weighted by Crippen LogP contribution is -2.01. The summed E-state index contributed by atoms with van der Waals surface area (Å²) in [4.78, 5) is 0. The molecular formula is C9H20OS2. The summed E-state index contributed by atoms with van der Waals surface area (Å²) < 4.78 is 5.29. The SMILES string of the molecule is CC(C)CCSCCOCCS. The number of rotatable bonds is 8. The number of thiol groups is 1. The van der Waals surface area contributed by atoms with Crippen LogP contribution in [0.1, 0.15) is 20.3 Å². The van der Waals surface area contributed by atoms with E-state index >= 15 is 0 Å². The van der Waals surface area contributed by atoms with Gasteiger partial charge in [-0.1, -0.05) is 13.8 Å². The summed E-state index contributed by atoms with van der Waals surface area (Å²) in [5.41, 5.74) is 0. The summed E-state index contributed by atoms with van der Waals surface area (Å²) in [7, 11) is 0. The highest BCUT2D eigenvalue weighted by molar-refractivity contribution is 7.99. The van der Waals surface area contributed by atoms with Gasteiger partial charge in [0.05, 0.1) is 13.2 Å². The maximum absolute atomic E-state index is 5.29. The minimum absolute atomic E-state index is 0.786. The lowest BCUT2D eigenvalue weighted by atomic mass is 10.2. The molecule has 0 spiro atoms. The van der Waals surface area contributed by atoms with E-state index < -0.39 is 0 Å². The summed E-state index contributed by atoms with van der Waals surface area (Å²) in [6, 6.07) is 0. The third-order valence-electron chi connectivity index (χ3n) is 1.45. The van der Waals surface area contributed by atoms with Crippen LogP contribution in [0.3, 0.4) is 0 Å². The van der Waals surface area contributed by atoms with Crippen molar-refractivity contribution in [3.63, 3.8) is 0 Å². The third-order valence-corrected chi connectivity index (χ3v) is 2.61. The Morgan fingerprint density at radius 3 is 2.58 bits per heavy atom. The van der Waals surface area contributed by atoms with Gasteiger partial charge in [0.15, 0.2) is 0 Å². The van der Waals surface area contributed by atoms with E-state index in [4.69, 9.17) is 4.74 Å². The molecule has 0 fully saturated rings. The van der Waals surface area contributed by atoms with Crippen molar-refractivity contribution in [3.05, 3.63) is 0 Å². The lowest BCUT2D eigenvalue weighted by molar-refractivity contribution is 0.167. The fourth-order valence-electron chi connectivity index (χ4n) is 0.706. The van der Waals surface area contributed by atoms with Crippen LogP contribution in [0, 0.1) is 5.92 Å². The Balaban J connectivity index is 2.82. The van der Waals surface area contributed by atoms with Gasteiger partial charge in [0.2, 0.25) is 0 Å². The largest absolute Gasteiger partial charge is 0.380 e. The average molecular weight is 208 g/mol. The number of hydrogen-bond donors (Lipinski definition) is 1. The lowest BCUT2D eigenvalue weighted by Gasteiger charge is -2.04. The molecule has 74 valence electrons. The van der Waals surface area contributed by atoms with Crippen LogP contribution in [0.2, 0.25) is 0 Å². The summed E-state index contributed by atoms with van der Waals surface area (Å²) in [5.74, 6) is 4.05. The van der Waals surface area contributed by atoms with E-state index in [1.165, 1.54) is 12.2 Å². The first-order valence-corrected chi connectivity index (χ1v) is 6.32. The summed E-state index contributed by atoms with van der Waals surface area (Å²) in [6.07, 6.45) is 1.32. The predicted octanol–water partition coefficient (Wildman–Crippen LogP) is 2.71. The molecule has 0 radical (unpaired) electrons. The van der Waals surface area contributed by atoms with E-state index in [1.54, 1.807) is 0 Å². The second kappa shape index (κ2) is 9.75. The molecule has 0 aromatic rings. The van der Waals surface area contributed by atoms with Crippen LogP contribution in [0.4, 0.5) is 0 Å². The molecule has 0 amide bonds. The van der Waals surface area contributed by atoms with Gasteiger partial charge < -0.3 is 4.74 Å². The highest BCUT2D eigenvalue weighted by Gasteiger charge is 1.93. The maximum Gasteiger partial charge on any atom is 0.0557 e. The third kappa shape index (κ3) is 10.7. The fourth-order valence-corrected chi connectivity index (χ4v) is 1.91. The van der Waals surface area contributed by atoms with Crippen LogP contribution < -0.4 is 0 Å². The van der Waals surface area contributed by atoms with Gasteiger partial charge in [0, 0.05) is 11.5 Å². The Morgan fingerprint density at radius 1 is 1.25 bits per heavy atom. The highest BCUT2D eigenvalue weighted by Crippen LogP contribution is 2.07. The molecule has 0 aromatic heterocycles. The van der Waals surface area contributed by atoms with Gasteiger partial charge in [0.25, 0.3) is 0 Å². The van der Waals surface area contributed by atoms with Crippen molar-refractivity contribution in [3.8, 4) is 0 Å². The Labute approximate surface area is 86.1 Å². The van der Waals surface area contributed by atoms with Gasteiger partial charge in [0.1, 0.15) is 0 Å². The zero-order chi connectivity index (χ0) is 9.23. The molecule has 0 saturated heterocycles. The van der Waals surface area contributed by atoms with Gasteiger partial charge in [-0.3, -0.25) is 0 Å². The second-order valence-corrected chi connectivity index (χ2v) is 4.80. The van der Waals surface area contributed by atoms with Crippen molar-refractivity contribution >= 4 is 24.4 Å². The Kier molecular flexibility index (Phi) is 10.3. The van der Waals surface area contributed by atoms with Crippen LogP contribution >= 0.6 is 24.4 Å². The highest BCUT2D eigenvalue weighted by atomic mass is 32.2. The summed E-state index contributed by atoms with van der Waals surface area (Å²) in [5, 5.41) is 0. The molecule has 0 saturated carbocycles. The molecule has 0 bridgehead atoms. The normalized spacial score (nSPS) is 11.0. The van der Waals surface area contributed by atoms with E-state index in [2.05, 4.69) is 26.5 Å². The molecule has 0 unspecified atom stereocenters. The summed E-state index contributed by atoms with van der Waals surface area (Å²) in [6.45, 7) is 6.19. The van der Waals surface area contributed by atoms with E-state index in [1.807, 2.05) is 11.8 Å². The molecule has 3 heteroatoms. The smallest absolute Gasteiger partial charge is 0.0557 e. The molecule has 0 aliphatic heterocycles.